The van der Waals surface area contributed by atoms with E-state index < -0.39 is 18.3 Å². The Morgan fingerprint density at radius 1 is 1.00 bits per heavy atom. The van der Waals surface area contributed by atoms with Crippen molar-refractivity contribution < 1.29 is 15.3 Å². The lowest BCUT2D eigenvalue weighted by atomic mass is 9.97. The van der Waals surface area contributed by atoms with Crippen molar-refractivity contribution in [1.82, 2.24) is 0 Å². The summed E-state index contributed by atoms with van der Waals surface area (Å²) in [6.07, 6.45) is -2.19. The molecule has 0 amide bonds. The van der Waals surface area contributed by atoms with E-state index in [1.807, 2.05) is 0 Å². The second-order valence-corrected chi connectivity index (χ2v) is 3.20. The van der Waals surface area contributed by atoms with Gasteiger partial charge in [0.05, 0.1) is 12.2 Å². The van der Waals surface area contributed by atoms with Gasteiger partial charge in [-0.05, 0) is 12.3 Å². The van der Waals surface area contributed by atoms with Crippen LogP contribution in [0.1, 0.15) is 27.2 Å². The van der Waals surface area contributed by atoms with Gasteiger partial charge in [0.2, 0.25) is 0 Å². The Hall–Kier alpha value is -0.120. The van der Waals surface area contributed by atoms with E-state index in [9.17, 15) is 10.2 Å². The summed E-state index contributed by atoms with van der Waals surface area (Å²) in [5.41, 5.74) is 0. The van der Waals surface area contributed by atoms with Crippen molar-refractivity contribution in [1.29, 1.82) is 0 Å². The molecular weight excluding hydrogens is 144 g/mol. The zero-order valence-corrected chi connectivity index (χ0v) is 7.36. The maximum atomic E-state index is 9.29. The monoisotopic (exact) mass is 162 g/mol. The highest BCUT2D eigenvalue weighted by atomic mass is 16.4. The Bertz CT molecular complexity index is 104. The summed E-state index contributed by atoms with van der Waals surface area (Å²) in [5, 5.41) is 27.7. The van der Waals surface area contributed by atoms with Crippen LogP contribution >= 0.6 is 0 Å². The quantitative estimate of drug-likeness (QED) is 0.551. The molecule has 11 heavy (non-hydrogen) atoms. The Kier molecular flexibility index (Phi) is 4.65. The lowest BCUT2D eigenvalue weighted by molar-refractivity contribution is -0.0760. The van der Waals surface area contributed by atoms with Crippen LogP contribution in [0.2, 0.25) is 0 Å². The highest BCUT2D eigenvalue weighted by Crippen LogP contribution is 2.10. The van der Waals surface area contributed by atoms with Gasteiger partial charge in [-0.2, -0.15) is 0 Å². The first-order chi connectivity index (χ1) is 5.00. The molecule has 0 rings (SSSR count). The topological polar surface area (TPSA) is 60.7 Å². The summed E-state index contributed by atoms with van der Waals surface area (Å²) >= 11 is 0. The van der Waals surface area contributed by atoms with E-state index in [1.54, 1.807) is 20.8 Å². The minimum absolute atomic E-state index is 0.0220. The molecule has 0 aliphatic rings. The first kappa shape index (κ1) is 10.9. The van der Waals surface area contributed by atoms with Crippen LogP contribution in [0.3, 0.4) is 0 Å². The molecule has 0 heterocycles. The van der Waals surface area contributed by atoms with E-state index in [0.717, 1.165) is 0 Å². The molecule has 0 aromatic carbocycles. The minimum atomic E-state index is -1.01. The number of aliphatic hydroxyl groups excluding tert-OH is 3. The highest BCUT2D eigenvalue weighted by Gasteiger charge is 2.25. The van der Waals surface area contributed by atoms with E-state index in [0.29, 0.717) is 6.42 Å². The summed E-state index contributed by atoms with van der Waals surface area (Å²) in [4.78, 5) is 0. The van der Waals surface area contributed by atoms with Gasteiger partial charge in [0, 0.05) is 0 Å². The number of hydrogen-bond acceptors (Lipinski definition) is 3. The smallest absolute Gasteiger partial charge is 0.106 e. The molecule has 3 heteroatoms. The summed E-state index contributed by atoms with van der Waals surface area (Å²) in [5.74, 6) is -0.0220. The van der Waals surface area contributed by atoms with Crippen LogP contribution in [0.5, 0.6) is 0 Å². The standard InChI is InChI=1S/C8H18O3/c1-4-6(9)8(11)7(10)5(2)3/h5-11H,4H2,1-3H3/t6-,7+,8-/m1/s1. The zero-order valence-electron chi connectivity index (χ0n) is 7.36. The Balaban J connectivity index is 3.90. The van der Waals surface area contributed by atoms with E-state index in [4.69, 9.17) is 5.11 Å². The predicted molar refractivity (Wildman–Crippen MR) is 43.1 cm³/mol. The van der Waals surface area contributed by atoms with E-state index in [1.165, 1.54) is 0 Å². The normalized spacial score (nSPS) is 19.9. The third kappa shape index (κ3) is 3.18. The van der Waals surface area contributed by atoms with Gasteiger partial charge in [-0.3, -0.25) is 0 Å². The van der Waals surface area contributed by atoms with Gasteiger partial charge in [0.15, 0.2) is 0 Å². The second kappa shape index (κ2) is 4.70. The molecule has 3 atom stereocenters. The molecule has 0 spiro atoms. The average molecular weight is 162 g/mol. The first-order valence-electron chi connectivity index (χ1n) is 4.04. The molecule has 0 bridgehead atoms. The maximum Gasteiger partial charge on any atom is 0.106 e. The maximum absolute atomic E-state index is 9.29. The van der Waals surface area contributed by atoms with Gasteiger partial charge in [-0.15, -0.1) is 0 Å². The first-order valence-corrected chi connectivity index (χ1v) is 4.04. The van der Waals surface area contributed by atoms with Crippen molar-refractivity contribution in [2.45, 2.75) is 45.5 Å². The number of aliphatic hydroxyl groups is 3. The van der Waals surface area contributed by atoms with Crippen LogP contribution in [0, 0.1) is 5.92 Å². The van der Waals surface area contributed by atoms with Gasteiger partial charge in [-0.1, -0.05) is 20.8 Å². The van der Waals surface area contributed by atoms with Gasteiger partial charge in [-0.25, -0.2) is 0 Å². The molecule has 0 saturated heterocycles. The van der Waals surface area contributed by atoms with Crippen molar-refractivity contribution in [2.75, 3.05) is 0 Å². The van der Waals surface area contributed by atoms with Crippen LogP contribution in [0.15, 0.2) is 0 Å². The average Bonchev–Trinajstić information content (AvgIpc) is 2.00. The molecule has 0 aliphatic carbocycles. The van der Waals surface area contributed by atoms with Gasteiger partial charge in [0.1, 0.15) is 6.10 Å². The SMILES string of the molecule is CC[C@@H](O)[C@@H](O)[C@@H](O)C(C)C. The number of rotatable bonds is 4. The molecular formula is C8H18O3. The molecule has 0 saturated carbocycles. The summed E-state index contributed by atoms with van der Waals surface area (Å²) < 4.78 is 0. The van der Waals surface area contributed by atoms with Crippen LogP contribution in [-0.4, -0.2) is 33.6 Å². The largest absolute Gasteiger partial charge is 0.390 e. The third-order valence-corrected chi connectivity index (χ3v) is 1.85. The molecule has 0 aromatic rings. The summed E-state index contributed by atoms with van der Waals surface area (Å²) in [6.45, 7) is 5.37. The van der Waals surface area contributed by atoms with Gasteiger partial charge in [0.25, 0.3) is 0 Å². The van der Waals surface area contributed by atoms with Crippen LogP contribution < -0.4 is 0 Å². The fourth-order valence-corrected chi connectivity index (χ4v) is 0.863. The van der Waals surface area contributed by atoms with E-state index in [-0.39, 0.29) is 5.92 Å². The van der Waals surface area contributed by atoms with Crippen molar-refractivity contribution in [3.8, 4) is 0 Å². The lowest BCUT2D eigenvalue weighted by Gasteiger charge is -2.24. The van der Waals surface area contributed by atoms with Crippen LogP contribution in [-0.2, 0) is 0 Å². The molecule has 3 N–H and O–H groups in total. The molecule has 0 fully saturated rings. The van der Waals surface area contributed by atoms with Crippen molar-refractivity contribution in [3.63, 3.8) is 0 Å². The van der Waals surface area contributed by atoms with Crippen molar-refractivity contribution >= 4 is 0 Å². The van der Waals surface area contributed by atoms with Crippen LogP contribution in [0.25, 0.3) is 0 Å². The zero-order chi connectivity index (χ0) is 9.02. The Morgan fingerprint density at radius 2 is 1.45 bits per heavy atom. The van der Waals surface area contributed by atoms with Crippen molar-refractivity contribution in [2.24, 2.45) is 5.92 Å². The molecule has 68 valence electrons. The molecule has 0 aromatic heterocycles. The summed E-state index contributed by atoms with van der Waals surface area (Å²) in [6, 6.07) is 0. The molecule has 0 aliphatic heterocycles. The van der Waals surface area contributed by atoms with E-state index in [2.05, 4.69) is 0 Å². The van der Waals surface area contributed by atoms with E-state index >= 15 is 0 Å². The predicted octanol–water partition coefficient (Wildman–Crippen LogP) is 0.135. The third-order valence-electron chi connectivity index (χ3n) is 1.85. The van der Waals surface area contributed by atoms with Gasteiger partial charge < -0.3 is 15.3 Å². The summed E-state index contributed by atoms with van der Waals surface area (Å²) in [7, 11) is 0. The lowest BCUT2D eigenvalue weighted by Crippen LogP contribution is -2.39. The minimum Gasteiger partial charge on any atom is -0.390 e. The van der Waals surface area contributed by atoms with Gasteiger partial charge >= 0.3 is 0 Å². The fraction of sp³-hybridized carbons (Fsp3) is 1.00. The second-order valence-electron chi connectivity index (χ2n) is 3.20. The molecule has 0 unspecified atom stereocenters. The fourth-order valence-electron chi connectivity index (χ4n) is 0.863. The highest BCUT2D eigenvalue weighted by molar-refractivity contribution is 4.76. The van der Waals surface area contributed by atoms with Crippen LogP contribution in [0.4, 0.5) is 0 Å². The Morgan fingerprint density at radius 3 is 1.73 bits per heavy atom. The molecule has 3 nitrogen and oxygen atoms in total. The van der Waals surface area contributed by atoms with Crippen molar-refractivity contribution in [3.05, 3.63) is 0 Å². The Labute approximate surface area is 67.7 Å². The number of hydrogen-bond donors (Lipinski definition) is 3. The molecule has 0 radical (unpaired) electrons.